The number of hydrogen-bond acceptors (Lipinski definition) is 6. The molecule has 0 bridgehead atoms. The molecule has 1 atom stereocenters. The molecule has 2 aromatic heterocycles. The molecule has 1 fully saturated rings. The van der Waals surface area contributed by atoms with Gasteiger partial charge >= 0.3 is 0 Å². The number of amides is 1. The third-order valence-electron chi connectivity index (χ3n) is 5.70. The smallest absolute Gasteiger partial charge is 0.274 e. The van der Waals surface area contributed by atoms with Crippen LogP contribution < -0.4 is 10.5 Å². The molecule has 9 heteroatoms. The molecule has 1 amide bonds. The molecule has 0 saturated carbocycles. The molecule has 2 aliphatic rings. The molecular formula is C19H27N7O2. The Morgan fingerprint density at radius 2 is 2.14 bits per heavy atom. The fourth-order valence-corrected chi connectivity index (χ4v) is 4.10. The summed E-state index contributed by atoms with van der Waals surface area (Å²) in [6.45, 7) is 1.96. The van der Waals surface area contributed by atoms with Gasteiger partial charge in [0.1, 0.15) is 0 Å². The van der Waals surface area contributed by atoms with Gasteiger partial charge in [0, 0.05) is 57.1 Å². The molecule has 2 aromatic rings. The zero-order valence-electron chi connectivity index (χ0n) is 16.7. The fraction of sp³-hybridized carbons (Fsp3) is 0.579. The van der Waals surface area contributed by atoms with Gasteiger partial charge in [0.15, 0.2) is 5.69 Å². The summed E-state index contributed by atoms with van der Waals surface area (Å²) in [7, 11) is 5.71. The average Bonchev–Trinajstić information content (AvgIpc) is 3.37. The monoisotopic (exact) mass is 385 g/mol. The Balaban J connectivity index is 1.41. The second-order valence-corrected chi connectivity index (χ2v) is 7.95. The Kier molecular flexibility index (Phi) is 4.92. The second kappa shape index (κ2) is 7.38. The van der Waals surface area contributed by atoms with Crippen LogP contribution in [0.15, 0.2) is 10.9 Å². The lowest BCUT2D eigenvalue weighted by Crippen LogP contribution is -2.37. The Hall–Kier alpha value is -2.68. The number of H-pyrrole nitrogens is 2. The number of nitrogens with zero attached hydrogens (tertiary/aromatic N) is 5. The number of fused-ring (bicyclic) bond motifs is 1. The number of carbonyl (C=O) groups is 1. The van der Waals surface area contributed by atoms with E-state index < -0.39 is 0 Å². The van der Waals surface area contributed by atoms with Crippen LogP contribution in [-0.4, -0.2) is 76.1 Å². The Labute approximate surface area is 163 Å². The van der Waals surface area contributed by atoms with Crippen molar-refractivity contribution >= 4 is 11.9 Å². The van der Waals surface area contributed by atoms with E-state index >= 15 is 0 Å². The molecule has 0 unspecified atom stereocenters. The first-order valence-electron chi connectivity index (χ1n) is 9.75. The predicted molar refractivity (Wildman–Crippen MR) is 106 cm³/mol. The number of aryl methyl sites for hydroxylation is 1. The molecule has 9 nitrogen and oxygen atoms in total. The number of anilines is 1. The fourth-order valence-electron chi connectivity index (χ4n) is 4.10. The van der Waals surface area contributed by atoms with Crippen molar-refractivity contribution in [3.63, 3.8) is 0 Å². The van der Waals surface area contributed by atoms with Crippen molar-refractivity contribution in [1.82, 2.24) is 30.0 Å². The summed E-state index contributed by atoms with van der Waals surface area (Å²) >= 11 is 0. The minimum absolute atomic E-state index is 0.0273. The quantitative estimate of drug-likeness (QED) is 0.772. The van der Waals surface area contributed by atoms with Crippen LogP contribution >= 0.6 is 0 Å². The maximum absolute atomic E-state index is 12.9. The summed E-state index contributed by atoms with van der Waals surface area (Å²) in [5.74, 6) is 0.575. The topological polar surface area (TPSA) is 101 Å². The SMILES string of the molecule is CN(C)c1nc(CN(C)[C@@H]2CCN(C(=O)c3n[nH]c4c3CCC4)C2)cc(=O)[nH]1. The van der Waals surface area contributed by atoms with Gasteiger partial charge in [-0.05, 0) is 32.7 Å². The summed E-state index contributed by atoms with van der Waals surface area (Å²) in [6.07, 6.45) is 3.91. The molecule has 0 radical (unpaired) electrons. The number of carbonyl (C=O) groups excluding carboxylic acids is 1. The van der Waals surface area contributed by atoms with Gasteiger partial charge in [-0.25, -0.2) is 4.98 Å². The average molecular weight is 385 g/mol. The van der Waals surface area contributed by atoms with Crippen molar-refractivity contribution in [3.8, 4) is 0 Å². The highest BCUT2D eigenvalue weighted by Gasteiger charge is 2.33. The highest BCUT2D eigenvalue weighted by molar-refractivity contribution is 5.94. The number of likely N-dealkylation sites (tertiary alicyclic amines) is 1. The maximum Gasteiger partial charge on any atom is 0.274 e. The van der Waals surface area contributed by atoms with Crippen LogP contribution in [0.1, 0.15) is 40.3 Å². The van der Waals surface area contributed by atoms with Gasteiger partial charge in [-0.15, -0.1) is 0 Å². The number of rotatable bonds is 5. The summed E-state index contributed by atoms with van der Waals surface area (Å²) in [5.41, 5.74) is 3.39. The number of aromatic nitrogens is 4. The molecule has 2 N–H and O–H groups in total. The third kappa shape index (κ3) is 3.54. The van der Waals surface area contributed by atoms with Gasteiger partial charge in [0.25, 0.3) is 11.5 Å². The van der Waals surface area contributed by atoms with Gasteiger partial charge in [-0.2, -0.15) is 5.10 Å². The molecular weight excluding hydrogens is 358 g/mol. The number of likely N-dealkylation sites (N-methyl/N-ethyl adjacent to an activating group) is 1. The highest BCUT2D eigenvalue weighted by atomic mass is 16.2. The lowest BCUT2D eigenvalue weighted by molar-refractivity contribution is 0.0772. The van der Waals surface area contributed by atoms with Crippen molar-refractivity contribution in [2.45, 2.75) is 38.3 Å². The van der Waals surface area contributed by atoms with E-state index in [1.165, 1.54) is 6.07 Å². The van der Waals surface area contributed by atoms with E-state index in [1.807, 2.05) is 26.0 Å². The minimum Gasteiger partial charge on any atom is -0.348 e. The summed E-state index contributed by atoms with van der Waals surface area (Å²) in [6, 6.07) is 1.77. The number of aromatic amines is 2. The van der Waals surface area contributed by atoms with Crippen LogP contribution in [0.4, 0.5) is 5.95 Å². The molecule has 28 heavy (non-hydrogen) atoms. The van der Waals surface area contributed by atoms with Gasteiger partial charge < -0.3 is 9.80 Å². The van der Waals surface area contributed by atoms with E-state index in [0.717, 1.165) is 49.2 Å². The van der Waals surface area contributed by atoms with Crippen molar-refractivity contribution < 1.29 is 4.79 Å². The van der Waals surface area contributed by atoms with Crippen LogP contribution in [0.25, 0.3) is 0 Å². The Morgan fingerprint density at radius 3 is 2.93 bits per heavy atom. The first kappa shape index (κ1) is 18.7. The largest absolute Gasteiger partial charge is 0.348 e. The van der Waals surface area contributed by atoms with E-state index in [0.29, 0.717) is 24.7 Å². The van der Waals surface area contributed by atoms with Gasteiger partial charge in [-0.1, -0.05) is 0 Å². The molecule has 1 aliphatic heterocycles. The Morgan fingerprint density at radius 1 is 1.32 bits per heavy atom. The standard InChI is InChI=1S/C19H27N7O2/c1-24(2)19-20-12(9-16(27)21-19)10-25(3)13-7-8-26(11-13)18(28)17-14-5-4-6-15(14)22-23-17/h9,13H,4-8,10-11H2,1-3H3,(H,22,23)(H,20,21,27)/t13-/m1/s1. The molecule has 0 spiro atoms. The van der Waals surface area contributed by atoms with E-state index in [2.05, 4.69) is 25.1 Å². The molecule has 0 aromatic carbocycles. The van der Waals surface area contributed by atoms with Crippen molar-refractivity contribution in [3.05, 3.63) is 39.1 Å². The van der Waals surface area contributed by atoms with Crippen LogP contribution in [-0.2, 0) is 19.4 Å². The molecule has 3 heterocycles. The molecule has 1 aliphatic carbocycles. The van der Waals surface area contributed by atoms with E-state index in [1.54, 1.807) is 4.90 Å². The Bertz CT molecular complexity index is 933. The zero-order chi connectivity index (χ0) is 19.8. The lowest BCUT2D eigenvalue weighted by Gasteiger charge is -2.24. The normalized spacial score (nSPS) is 18.7. The third-order valence-corrected chi connectivity index (χ3v) is 5.70. The van der Waals surface area contributed by atoms with Crippen LogP contribution in [0.3, 0.4) is 0 Å². The van der Waals surface area contributed by atoms with E-state index in [4.69, 9.17) is 0 Å². The maximum atomic E-state index is 12.9. The van der Waals surface area contributed by atoms with Gasteiger partial charge in [0.2, 0.25) is 5.95 Å². The van der Waals surface area contributed by atoms with Crippen LogP contribution in [0.5, 0.6) is 0 Å². The number of nitrogens with one attached hydrogen (secondary N) is 2. The van der Waals surface area contributed by atoms with Crippen LogP contribution in [0.2, 0.25) is 0 Å². The van der Waals surface area contributed by atoms with E-state index in [-0.39, 0.29) is 17.5 Å². The van der Waals surface area contributed by atoms with Crippen molar-refractivity contribution in [2.24, 2.45) is 0 Å². The van der Waals surface area contributed by atoms with Gasteiger partial charge in [0.05, 0.1) is 5.69 Å². The lowest BCUT2D eigenvalue weighted by atomic mass is 10.2. The molecule has 1 saturated heterocycles. The second-order valence-electron chi connectivity index (χ2n) is 7.95. The first-order valence-corrected chi connectivity index (χ1v) is 9.75. The van der Waals surface area contributed by atoms with Gasteiger partial charge in [-0.3, -0.25) is 24.6 Å². The summed E-state index contributed by atoms with van der Waals surface area (Å²) in [4.78, 5) is 37.9. The number of hydrogen-bond donors (Lipinski definition) is 2. The minimum atomic E-state index is -0.155. The van der Waals surface area contributed by atoms with Crippen molar-refractivity contribution in [2.75, 3.05) is 39.1 Å². The van der Waals surface area contributed by atoms with Crippen molar-refractivity contribution in [1.29, 1.82) is 0 Å². The van der Waals surface area contributed by atoms with Crippen LogP contribution in [0, 0.1) is 0 Å². The first-order chi connectivity index (χ1) is 13.4. The summed E-state index contributed by atoms with van der Waals surface area (Å²) in [5, 5.41) is 7.30. The zero-order valence-corrected chi connectivity index (χ0v) is 16.7. The molecule has 150 valence electrons. The van der Waals surface area contributed by atoms with E-state index in [9.17, 15) is 9.59 Å². The highest BCUT2D eigenvalue weighted by Crippen LogP contribution is 2.25. The molecule has 4 rings (SSSR count). The predicted octanol–water partition coefficient (Wildman–Crippen LogP) is 0.394. The summed E-state index contributed by atoms with van der Waals surface area (Å²) < 4.78 is 0.